The second-order valence-electron chi connectivity index (χ2n) is 11.0. The van der Waals surface area contributed by atoms with Crippen LogP contribution in [-0.2, 0) is 9.53 Å². The maximum absolute atomic E-state index is 13.3. The number of aryl methyl sites for hydroxylation is 1. The summed E-state index contributed by atoms with van der Waals surface area (Å²) in [4.78, 5) is 37.1. The Labute approximate surface area is 211 Å². The minimum atomic E-state index is -0.595. The van der Waals surface area contributed by atoms with Crippen LogP contribution in [-0.4, -0.2) is 87.2 Å². The van der Waals surface area contributed by atoms with E-state index in [4.69, 9.17) is 14.1 Å². The first-order valence-corrected chi connectivity index (χ1v) is 13.8. The highest BCUT2D eigenvalue weighted by molar-refractivity contribution is 7.99. The fourth-order valence-corrected chi connectivity index (χ4v) is 6.33. The molecule has 0 aliphatic carbocycles. The number of oxazole rings is 1. The van der Waals surface area contributed by atoms with Gasteiger partial charge in [-0.15, -0.1) is 11.8 Å². The summed E-state index contributed by atoms with van der Waals surface area (Å²) in [5, 5.41) is 0. The third-order valence-corrected chi connectivity index (χ3v) is 8.18. The number of benzene rings is 1. The standard InChI is InChI=1S/C26H36N4O4S/c1-17-5-6-22-20(13-17)27-23(33-22)18-7-9-28(10-8-18)19-14-21(24(31)29-11-12-35-16-29)30(15-19)25(32)34-26(2,3)4/h5-6,13,18-19,21H,7-12,14-16H2,1-4H3/t19-,21-/m0/s1. The lowest BCUT2D eigenvalue weighted by Gasteiger charge is -2.35. The molecule has 3 fully saturated rings. The number of aromatic nitrogens is 1. The van der Waals surface area contributed by atoms with E-state index < -0.39 is 11.6 Å². The zero-order chi connectivity index (χ0) is 24.7. The summed E-state index contributed by atoms with van der Waals surface area (Å²) in [5.74, 6) is 2.84. The summed E-state index contributed by atoms with van der Waals surface area (Å²) < 4.78 is 11.8. The maximum atomic E-state index is 13.3. The van der Waals surface area contributed by atoms with Gasteiger partial charge in [0.05, 0.1) is 5.88 Å². The first-order valence-electron chi connectivity index (χ1n) is 12.7. The van der Waals surface area contributed by atoms with Crippen molar-refractivity contribution in [2.45, 2.75) is 70.6 Å². The van der Waals surface area contributed by atoms with Crippen LogP contribution >= 0.6 is 11.8 Å². The van der Waals surface area contributed by atoms with Gasteiger partial charge in [-0.3, -0.25) is 14.6 Å². The number of rotatable bonds is 3. The molecule has 9 heteroatoms. The van der Waals surface area contributed by atoms with Crippen molar-refractivity contribution in [2.75, 3.05) is 37.8 Å². The molecule has 0 unspecified atom stereocenters. The van der Waals surface area contributed by atoms with Gasteiger partial charge >= 0.3 is 6.09 Å². The van der Waals surface area contributed by atoms with E-state index in [1.165, 1.54) is 5.56 Å². The summed E-state index contributed by atoms with van der Waals surface area (Å²) in [6.07, 6.45) is 2.18. The van der Waals surface area contributed by atoms with Gasteiger partial charge in [-0.25, -0.2) is 9.78 Å². The molecule has 2 aromatic rings. The first kappa shape index (κ1) is 24.4. The lowest BCUT2D eigenvalue weighted by atomic mass is 9.95. The third kappa shape index (κ3) is 5.31. The van der Waals surface area contributed by atoms with E-state index in [1.54, 1.807) is 16.7 Å². The molecule has 5 rings (SSSR count). The van der Waals surface area contributed by atoms with E-state index >= 15 is 0 Å². The van der Waals surface area contributed by atoms with Crippen LogP contribution in [0.25, 0.3) is 11.1 Å². The Bertz CT molecular complexity index is 1080. The molecule has 3 aliphatic rings. The smallest absolute Gasteiger partial charge is 0.411 e. The van der Waals surface area contributed by atoms with Crippen LogP contribution in [0.2, 0.25) is 0 Å². The number of carbonyl (C=O) groups is 2. The summed E-state index contributed by atoms with van der Waals surface area (Å²) in [5.41, 5.74) is 2.36. The van der Waals surface area contributed by atoms with Gasteiger partial charge in [0.25, 0.3) is 0 Å². The second kappa shape index (κ2) is 9.65. The Hall–Kier alpha value is -2.26. The van der Waals surface area contributed by atoms with E-state index in [-0.39, 0.29) is 18.0 Å². The Morgan fingerprint density at radius 2 is 1.94 bits per heavy atom. The lowest BCUT2D eigenvalue weighted by Crippen LogP contribution is -2.48. The summed E-state index contributed by atoms with van der Waals surface area (Å²) in [6.45, 7) is 10.7. The fourth-order valence-electron chi connectivity index (χ4n) is 5.37. The monoisotopic (exact) mass is 500 g/mol. The number of ether oxygens (including phenoxy) is 1. The number of hydrogen-bond donors (Lipinski definition) is 0. The molecule has 3 saturated heterocycles. The molecule has 2 amide bonds. The number of likely N-dealkylation sites (tertiary alicyclic amines) is 2. The molecule has 0 radical (unpaired) electrons. The third-order valence-electron chi connectivity index (χ3n) is 7.21. The Morgan fingerprint density at radius 3 is 2.63 bits per heavy atom. The molecule has 4 heterocycles. The van der Waals surface area contributed by atoms with Crippen molar-refractivity contribution in [3.8, 4) is 0 Å². The molecule has 2 atom stereocenters. The number of hydrogen-bond acceptors (Lipinski definition) is 7. The number of amides is 2. The van der Waals surface area contributed by atoms with Gasteiger partial charge in [-0.2, -0.15) is 0 Å². The van der Waals surface area contributed by atoms with E-state index in [0.29, 0.717) is 24.8 Å². The Kier molecular flexibility index (Phi) is 6.74. The topological polar surface area (TPSA) is 79.1 Å². The number of thioether (sulfide) groups is 1. The van der Waals surface area contributed by atoms with Crippen LogP contribution < -0.4 is 0 Å². The van der Waals surface area contributed by atoms with Gasteiger partial charge in [0.2, 0.25) is 5.91 Å². The molecule has 1 aromatic carbocycles. The highest BCUT2D eigenvalue weighted by atomic mass is 32.2. The number of piperidine rings is 1. The molecule has 0 saturated carbocycles. The van der Waals surface area contributed by atoms with Crippen molar-refractivity contribution in [1.82, 2.24) is 19.7 Å². The lowest BCUT2D eigenvalue weighted by molar-refractivity contribution is -0.134. The van der Waals surface area contributed by atoms with Crippen LogP contribution in [0.3, 0.4) is 0 Å². The molecule has 190 valence electrons. The highest BCUT2D eigenvalue weighted by Gasteiger charge is 2.45. The zero-order valence-electron chi connectivity index (χ0n) is 21.2. The quantitative estimate of drug-likeness (QED) is 0.624. The first-order chi connectivity index (χ1) is 16.7. The molecule has 35 heavy (non-hydrogen) atoms. The van der Waals surface area contributed by atoms with Crippen LogP contribution in [0.4, 0.5) is 4.79 Å². The average Bonchev–Trinajstić information content (AvgIpc) is 3.56. The van der Waals surface area contributed by atoms with Gasteiger partial charge < -0.3 is 14.1 Å². The van der Waals surface area contributed by atoms with Crippen molar-refractivity contribution in [3.05, 3.63) is 29.7 Å². The fraction of sp³-hybridized carbons (Fsp3) is 0.654. The minimum absolute atomic E-state index is 0.0556. The molecule has 0 N–H and O–H groups in total. The van der Waals surface area contributed by atoms with Gasteiger partial charge in [-0.05, 0) is 77.7 Å². The van der Waals surface area contributed by atoms with E-state index in [0.717, 1.165) is 55.2 Å². The summed E-state index contributed by atoms with van der Waals surface area (Å²) in [6, 6.07) is 5.81. The molecule has 3 aliphatic heterocycles. The van der Waals surface area contributed by atoms with Gasteiger partial charge in [0.15, 0.2) is 11.5 Å². The van der Waals surface area contributed by atoms with E-state index in [9.17, 15) is 9.59 Å². The van der Waals surface area contributed by atoms with Gasteiger partial charge in [-0.1, -0.05) is 6.07 Å². The van der Waals surface area contributed by atoms with E-state index in [1.807, 2.05) is 31.7 Å². The van der Waals surface area contributed by atoms with Crippen molar-refractivity contribution in [1.29, 1.82) is 0 Å². The van der Waals surface area contributed by atoms with E-state index in [2.05, 4.69) is 24.0 Å². The predicted molar refractivity (Wildman–Crippen MR) is 136 cm³/mol. The van der Waals surface area contributed by atoms with Crippen LogP contribution in [0.15, 0.2) is 22.6 Å². The molecule has 0 bridgehead atoms. The Balaban J connectivity index is 1.26. The second-order valence-corrected chi connectivity index (χ2v) is 12.1. The molecular weight excluding hydrogens is 464 g/mol. The normalized spacial score (nSPS) is 24.5. The van der Waals surface area contributed by atoms with Crippen molar-refractivity contribution >= 4 is 34.9 Å². The van der Waals surface area contributed by atoms with Crippen molar-refractivity contribution < 1.29 is 18.7 Å². The number of nitrogens with zero attached hydrogens (tertiary/aromatic N) is 4. The minimum Gasteiger partial charge on any atom is -0.444 e. The maximum Gasteiger partial charge on any atom is 0.411 e. The molecule has 1 aromatic heterocycles. The van der Waals surface area contributed by atoms with Crippen molar-refractivity contribution in [3.63, 3.8) is 0 Å². The molecule has 0 spiro atoms. The molecule has 8 nitrogen and oxygen atoms in total. The van der Waals surface area contributed by atoms with Crippen LogP contribution in [0.5, 0.6) is 0 Å². The van der Waals surface area contributed by atoms with Crippen LogP contribution in [0.1, 0.15) is 57.4 Å². The summed E-state index contributed by atoms with van der Waals surface area (Å²) in [7, 11) is 0. The van der Waals surface area contributed by atoms with Crippen LogP contribution in [0, 0.1) is 6.92 Å². The van der Waals surface area contributed by atoms with Crippen molar-refractivity contribution in [2.24, 2.45) is 0 Å². The largest absolute Gasteiger partial charge is 0.444 e. The van der Waals surface area contributed by atoms with Gasteiger partial charge in [0.1, 0.15) is 17.2 Å². The molecular formula is C26H36N4O4S. The average molecular weight is 501 g/mol. The zero-order valence-corrected chi connectivity index (χ0v) is 22.0. The SMILES string of the molecule is Cc1ccc2oc(C3CCN([C@H]4C[C@@H](C(=O)N5CCSC5)N(C(=O)OC(C)(C)C)C4)CC3)nc2c1. The predicted octanol–water partition coefficient (Wildman–Crippen LogP) is 4.23. The summed E-state index contributed by atoms with van der Waals surface area (Å²) >= 11 is 1.76. The number of carbonyl (C=O) groups excluding carboxylic acids is 2. The van der Waals surface area contributed by atoms with Gasteiger partial charge in [0, 0.05) is 30.8 Å². The number of fused-ring (bicyclic) bond motifs is 1. The highest BCUT2D eigenvalue weighted by Crippen LogP contribution is 2.34. The Morgan fingerprint density at radius 1 is 1.17 bits per heavy atom.